The third-order valence-electron chi connectivity index (χ3n) is 6.52. The van der Waals surface area contributed by atoms with Crippen LogP contribution in [0.3, 0.4) is 0 Å². The molecule has 2 aromatic rings. The van der Waals surface area contributed by atoms with Crippen LogP contribution >= 0.6 is 11.9 Å². The van der Waals surface area contributed by atoms with Crippen LogP contribution in [-0.2, 0) is 0 Å². The molecule has 0 saturated heterocycles. The molecule has 0 aliphatic carbocycles. The van der Waals surface area contributed by atoms with Gasteiger partial charge in [-0.2, -0.15) is 0 Å². The molecule has 31 heavy (non-hydrogen) atoms. The molecule has 0 radical (unpaired) electrons. The van der Waals surface area contributed by atoms with Crippen LogP contribution in [0.15, 0.2) is 47.4 Å². The molecule has 4 nitrogen and oxygen atoms in total. The van der Waals surface area contributed by atoms with E-state index >= 15 is 0 Å². The molecule has 5 heteroatoms. The van der Waals surface area contributed by atoms with Crippen molar-refractivity contribution in [3.05, 3.63) is 53.6 Å². The Bertz CT molecular complexity index is 830. The first-order chi connectivity index (χ1) is 15.0. The zero-order valence-electron chi connectivity index (χ0n) is 19.6. The lowest BCUT2D eigenvalue weighted by molar-refractivity contribution is 0.0483. The number of nitrogens with one attached hydrogen (secondary N) is 1. The van der Waals surface area contributed by atoms with Crippen molar-refractivity contribution >= 4 is 17.6 Å². The molecule has 0 bridgehead atoms. The Kier molecular flexibility index (Phi) is 8.31. The number of fused-ring (bicyclic) bond motifs is 1. The van der Waals surface area contributed by atoms with Crippen LogP contribution in [0.5, 0.6) is 5.75 Å². The Hall–Kier alpha value is -1.69. The average Bonchev–Trinajstić information content (AvgIpc) is 2.90. The molecule has 2 N–H and O–H groups in total. The fourth-order valence-electron chi connectivity index (χ4n) is 4.54. The monoisotopic (exact) mass is 442 g/mol. The number of unbranched alkanes of at least 4 members (excludes halogenated alkanes) is 2. The Morgan fingerprint density at radius 1 is 1.03 bits per heavy atom. The Labute approximate surface area is 192 Å². The highest BCUT2D eigenvalue weighted by atomic mass is 32.2. The summed E-state index contributed by atoms with van der Waals surface area (Å²) in [5.74, 6) is 0.738. The molecule has 0 fully saturated rings. The zero-order valence-corrected chi connectivity index (χ0v) is 20.5. The first-order valence-electron chi connectivity index (χ1n) is 11.5. The van der Waals surface area contributed by atoms with Crippen LogP contribution in [0.25, 0.3) is 0 Å². The summed E-state index contributed by atoms with van der Waals surface area (Å²) in [7, 11) is 5.82. The van der Waals surface area contributed by atoms with Crippen molar-refractivity contribution in [3.8, 4) is 5.75 Å². The van der Waals surface area contributed by atoms with E-state index in [0.29, 0.717) is 0 Å². The number of ether oxygens (including phenoxy) is 1. The van der Waals surface area contributed by atoms with Crippen molar-refractivity contribution in [2.45, 2.75) is 74.8 Å². The van der Waals surface area contributed by atoms with E-state index < -0.39 is 6.10 Å². The average molecular weight is 443 g/mol. The van der Waals surface area contributed by atoms with Gasteiger partial charge in [0, 0.05) is 30.6 Å². The van der Waals surface area contributed by atoms with Gasteiger partial charge in [-0.05, 0) is 66.2 Å². The molecule has 0 spiro atoms. The van der Waals surface area contributed by atoms with Gasteiger partial charge in [-0.3, -0.25) is 4.72 Å². The van der Waals surface area contributed by atoms with Gasteiger partial charge < -0.3 is 14.7 Å². The van der Waals surface area contributed by atoms with Crippen LogP contribution in [0.1, 0.15) is 69.4 Å². The maximum atomic E-state index is 12.0. The summed E-state index contributed by atoms with van der Waals surface area (Å²) >= 11 is 1.69. The summed E-state index contributed by atoms with van der Waals surface area (Å²) in [5, 5.41) is 12.0. The summed E-state index contributed by atoms with van der Waals surface area (Å²) in [6.07, 6.45) is 5.87. The lowest BCUT2D eigenvalue weighted by Gasteiger charge is -2.41. The van der Waals surface area contributed by atoms with Gasteiger partial charge in [-0.25, -0.2) is 0 Å². The largest absolute Gasteiger partial charge is 0.497 e. The molecular weight excluding hydrogens is 404 g/mol. The molecule has 0 amide bonds. The molecule has 2 aromatic carbocycles. The van der Waals surface area contributed by atoms with Gasteiger partial charge in [-0.1, -0.05) is 51.7 Å². The Balaban J connectivity index is 2.14. The fourth-order valence-corrected chi connectivity index (χ4v) is 5.61. The first-order valence-corrected chi connectivity index (χ1v) is 12.3. The van der Waals surface area contributed by atoms with Crippen molar-refractivity contribution in [3.63, 3.8) is 0 Å². The lowest BCUT2D eigenvalue weighted by Crippen LogP contribution is -2.53. The molecule has 2 atom stereocenters. The Morgan fingerprint density at radius 3 is 2.23 bits per heavy atom. The molecule has 0 saturated carbocycles. The van der Waals surface area contributed by atoms with E-state index in [1.54, 1.807) is 19.1 Å². The third kappa shape index (κ3) is 5.21. The van der Waals surface area contributed by atoms with Crippen LogP contribution in [0, 0.1) is 0 Å². The van der Waals surface area contributed by atoms with Crippen LogP contribution in [0.2, 0.25) is 0 Å². The van der Waals surface area contributed by atoms with Crippen molar-refractivity contribution in [2.75, 3.05) is 26.1 Å². The SMILES string of the molecule is CCCCC1(CCCC)NSc2ccc(N(C)C)cc2C(c2ccc(OC)cc2)C1O. The third-order valence-corrected chi connectivity index (χ3v) is 7.62. The maximum Gasteiger partial charge on any atom is 0.118 e. The van der Waals surface area contributed by atoms with Gasteiger partial charge >= 0.3 is 0 Å². The molecule has 1 heterocycles. The second kappa shape index (κ2) is 10.8. The van der Waals surface area contributed by atoms with E-state index in [1.807, 2.05) is 12.1 Å². The van der Waals surface area contributed by atoms with Crippen molar-refractivity contribution in [2.24, 2.45) is 0 Å². The topological polar surface area (TPSA) is 44.7 Å². The highest BCUT2D eigenvalue weighted by Crippen LogP contribution is 2.46. The first kappa shape index (κ1) is 24.0. The number of aliphatic hydroxyl groups is 1. The molecule has 3 rings (SSSR count). The van der Waals surface area contributed by atoms with Gasteiger partial charge in [0.05, 0.1) is 18.8 Å². The van der Waals surface area contributed by atoms with E-state index in [9.17, 15) is 5.11 Å². The van der Waals surface area contributed by atoms with E-state index in [-0.39, 0.29) is 11.5 Å². The number of rotatable bonds is 9. The van der Waals surface area contributed by atoms with Crippen LogP contribution in [0.4, 0.5) is 5.69 Å². The van der Waals surface area contributed by atoms with E-state index in [0.717, 1.165) is 55.5 Å². The lowest BCUT2D eigenvalue weighted by atomic mass is 9.73. The minimum atomic E-state index is -0.523. The van der Waals surface area contributed by atoms with Gasteiger partial charge in [0.15, 0.2) is 0 Å². The van der Waals surface area contributed by atoms with Crippen molar-refractivity contribution < 1.29 is 9.84 Å². The van der Waals surface area contributed by atoms with E-state index in [4.69, 9.17) is 4.74 Å². The zero-order chi connectivity index (χ0) is 22.4. The molecule has 1 aliphatic rings. The molecule has 1 aliphatic heterocycles. The number of benzene rings is 2. The van der Waals surface area contributed by atoms with Gasteiger partial charge in [0.25, 0.3) is 0 Å². The number of hydrogen-bond donors (Lipinski definition) is 2. The van der Waals surface area contributed by atoms with Crippen LogP contribution in [-0.4, -0.2) is 38.0 Å². The van der Waals surface area contributed by atoms with Crippen molar-refractivity contribution in [1.29, 1.82) is 0 Å². The minimum Gasteiger partial charge on any atom is -0.497 e. The quantitative estimate of drug-likeness (QED) is 0.468. The van der Waals surface area contributed by atoms with Gasteiger partial charge in [-0.15, -0.1) is 0 Å². The normalized spacial score (nSPS) is 20.1. The van der Waals surface area contributed by atoms with Gasteiger partial charge in [0.2, 0.25) is 0 Å². The number of methoxy groups -OCH3 is 1. The highest BCUT2D eigenvalue weighted by Gasteiger charge is 2.45. The fraction of sp³-hybridized carbons (Fsp3) is 0.538. The molecule has 0 aromatic heterocycles. The standard InChI is InChI=1S/C26H38N2O2S/c1-6-8-16-26(17-9-7-2)25(29)24(19-10-13-21(30-5)14-11-19)22-18-20(28(3)4)12-15-23(22)31-27-26/h10-15,18,24-25,27,29H,6-9,16-17H2,1-5H3. The smallest absolute Gasteiger partial charge is 0.118 e. The summed E-state index contributed by atoms with van der Waals surface area (Å²) < 4.78 is 9.16. The van der Waals surface area contributed by atoms with E-state index in [2.05, 4.69) is 67.9 Å². The number of aliphatic hydroxyl groups excluding tert-OH is 1. The molecule has 2 unspecified atom stereocenters. The predicted molar refractivity (Wildman–Crippen MR) is 132 cm³/mol. The van der Waals surface area contributed by atoms with Crippen LogP contribution < -0.4 is 14.4 Å². The minimum absolute atomic E-state index is 0.1000. The maximum absolute atomic E-state index is 12.0. The number of nitrogens with zero attached hydrogens (tertiary/aromatic N) is 1. The Morgan fingerprint density at radius 2 is 1.68 bits per heavy atom. The molecule has 170 valence electrons. The number of anilines is 1. The second-order valence-corrected chi connectivity index (χ2v) is 9.73. The molecular formula is C26H38N2O2S. The predicted octanol–water partition coefficient (Wildman–Crippen LogP) is 5.98. The van der Waals surface area contributed by atoms with E-state index in [1.165, 1.54) is 10.5 Å². The van der Waals surface area contributed by atoms with Gasteiger partial charge in [0.1, 0.15) is 5.75 Å². The summed E-state index contributed by atoms with van der Waals surface area (Å²) in [6.45, 7) is 4.45. The number of hydrogen-bond acceptors (Lipinski definition) is 5. The summed E-state index contributed by atoms with van der Waals surface area (Å²) in [5.41, 5.74) is 3.15. The highest BCUT2D eigenvalue weighted by molar-refractivity contribution is 7.97. The summed E-state index contributed by atoms with van der Waals surface area (Å²) in [4.78, 5) is 3.32. The summed E-state index contributed by atoms with van der Waals surface area (Å²) in [6, 6.07) is 14.8. The van der Waals surface area contributed by atoms with Crippen molar-refractivity contribution in [1.82, 2.24) is 4.72 Å². The second-order valence-electron chi connectivity index (χ2n) is 8.88.